The van der Waals surface area contributed by atoms with Gasteiger partial charge in [0.25, 0.3) is 11.5 Å². The average molecular weight is 522 g/mol. The number of carbonyl (C=O) groups is 2. The molecule has 0 aliphatic carbocycles. The zero-order chi connectivity index (χ0) is 25.3. The molecule has 0 aliphatic heterocycles. The Morgan fingerprint density at radius 1 is 1.17 bits per heavy atom. The summed E-state index contributed by atoms with van der Waals surface area (Å²) in [5.41, 5.74) is -1.82. The van der Waals surface area contributed by atoms with Crippen LogP contribution in [0.3, 0.4) is 0 Å². The van der Waals surface area contributed by atoms with E-state index in [1.807, 2.05) is 0 Å². The molecule has 1 amide bonds. The Morgan fingerprint density at radius 3 is 2.60 bits per heavy atom. The minimum atomic E-state index is -4.63. The van der Waals surface area contributed by atoms with E-state index in [2.05, 4.69) is 10.4 Å². The van der Waals surface area contributed by atoms with Crippen LogP contribution in [0.2, 0.25) is 5.02 Å². The highest BCUT2D eigenvalue weighted by molar-refractivity contribution is 7.16. The number of benzene rings is 2. The monoisotopic (exact) mass is 521 g/mol. The first-order valence-corrected chi connectivity index (χ1v) is 11.3. The number of anilines is 1. The van der Waals surface area contributed by atoms with Gasteiger partial charge < -0.3 is 10.1 Å². The second-order valence-corrected chi connectivity index (χ2v) is 8.47. The molecule has 180 valence electrons. The molecule has 4 aromatic rings. The van der Waals surface area contributed by atoms with E-state index in [1.54, 1.807) is 25.1 Å². The van der Waals surface area contributed by atoms with Gasteiger partial charge >= 0.3 is 12.1 Å². The van der Waals surface area contributed by atoms with Crippen LogP contribution in [0.4, 0.5) is 18.2 Å². The van der Waals surface area contributed by atoms with Gasteiger partial charge in [-0.15, -0.1) is 11.3 Å². The van der Waals surface area contributed by atoms with Crippen LogP contribution in [0.5, 0.6) is 0 Å². The van der Waals surface area contributed by atoms with E-state index in [4.69, 9.17) is 16.3 Å². The highest BCUT2D eigenvalue weighted by Crippen LogP contribution is 2.32. The maximum absolute atomic E-state index is 13.4. The fourth-order valence-electron chi connectivity index (χ4n) is 3.29. The van der Waals surface area contributed by atoms with Crippen molar-refractivity contribution in [2.24, 2.45) is 0 Å². The summed E-state index contributed by atoms with van der Waals surface area (Å²) < 4.78 is 45.2. The summed E-state index contributed by atoms with van der Waals surface area (Å²) in [5, 5.41) is 8.53. The number of carbonyl (C=O) groups excluding carboxylic acids is 2. The van der Waals surface area contributed by atoms with Crippen LogP contribution in [0.25, 0.3) is 16.5 Å². The third-order valence-electron chi connectivity index (χ3n) is 4.85. The van der Waals surface area contributed by atoms with Gasteiger partial charge in [-0.2, -0.15) is 23.0 Å². The third kappa shape index (κ3) is 4.91. The summed E-state index contributed by atoms with van der Waals surface area (Å²) >= 11 is 6.96. The predicted molar refractivity (Wildman–Crippen MR) is 126 cm³/mol. The lowest BCUT2D eigenvalue weighted by atomic mass is 10.1. The van der Waals surface area contributed by atoms with Crippen LogP contribution in [0.1, 0.15) is 33.3 Å². The second kappa shape index (κ2) is 9.51. The smallest absolute Gasteiger partial charge is 0.416 e. The number of thiophene rings is 1. The number of fused-ring (bicyclic) bond motifs is 1. The van der Waals surface area contributed by atoms with Gasteiger partial charge in [0.1, 0.15) is 5.00 Å². The first kappa shape index (κ1) is 24.4. The fourth-order valence-corrected chi connectivity index (χ4v) is 4.40. The lowest BCUT2D eigenvalue weighted by Gasteiger charge is -2.11. The first-order chi connectivity index (χ1) is 16.6. The van der Waals surface area contributed by atoms with Crippen molar-refractivity contribution in [2.45, 2.75) is 13.1 Å². The molecule has 0 radical (unpaired) electrons. The van der Waals surface area contributed by atoms with Crippen molar-refractivity contribution in [1.82, 2.24) is 9.78 Å². The number of halogens is 4. The highest BCUT2D eigenvalue weighted by Gasteiger charge is 2.31. The molecule has 0 atom stereocenters. The topological polar surface area (TPSA) is 90.3 Å². The van der Waals surface area contributed by atoms with Gasteiger partial charge in [-0.25, -0.2) is 4.79 Å². The zero-order valence-corrected chi connectivity index (χ0v) is 19.4. The van der Waals surface area contributed by atoms with Gasteiger partial charge in [0.15, 0.2) is 5.69 Å². The van der Waals surface area contributed by atoms with Crippen molar-refractivity contribution in [1.29, 1.82) is 0 Å². The number of esters is 1. The molecule has 4 rings (SSSR count). The summed E-state index contributed by atoms with van der Waals surface area (Å²) in [6, 6.07) is 10.1. The molecule has 12 heteroatoms. The summed E-state index contributed by atoms with van der Waals surface area (Å²) in [4.78, 5) is 38.7. The van der Waals surface area contributed by atoms with Crippen LogP contribution in [0.15, 0.2) is 58.7 Å². The zero-order valence-electron chi connectivity index (χ0n) is 17.9. The Morgan fingerprint density at radius 2 is 1.91 bits per heavy atom. The number of nitrogens with zero attached hydrogens (tertiary/aromatic N) is 2. The Labute approximate surface area is 204 Å². The second-order valence-electron chi connectivity index (χ2n) is 7.15. The van der Waals surface area contributed by atoms with Crippen molar-refractivity contribution < 1.29 is 27.5 Å². The van der Waals surface area contributed by atoms with Crippen molar-refractivity contribution in [3.8, 4) is 5.69 Å². The molecular formula is C23H15ClF3N3O4S. The number of amides is 1. The van der Waals surface area contributed by atoms with Crippen LogP contribution in [0, 0.1) is 0 Å². The fraction of sp³-hybridized carbons (Fsp3) is 0.130. The standard InChI is InChI=1S/C23H15ClF3N3O4S/c1-2-34-22(33)18-16-11-35-20(28-19(31)12-5-3-6-13(9-12)23(25,26)27)17(16)21(32)30(29-18)15-8-4-7-14(24)10-15/h3-11H,2H2,1H3,(H,28,31). The third-order valence-corrected chi connectivity index (χ3v) is 5.98. The quantitative estimate of drug-likeness (QED) is 0.348. The summed E-state index contributed by atoms with van der Waals surface area (Å²) in [7, 11) is 0. The molecule has 2 heterocycles. The van der Waals surface area contributed by atoms with Crippen molar-refractivity contribution in [3.05, 3.63) is 86.1 Å². The van der Waals surface area contributed by atoms with Gasteiger partial charge in [0.2, 0.25) is 0 Å². The number of nitrogens with one attached hydrogen (secondary N) is 1. The van der Waals surface area contributed by atoms with Crippen LogP contribution >= 0.6 is 22.9 Å². The molecule has 0 aliphatic rings. The van der Waals surface area contributed by atoms with Gasteiger partial charge in [-0.05, 0) is 43.3 Å². The predicted octanol–water partition coefficient (Wildman–Crippen LogP) is 5.55. The summed E-state index contributed by atoms with van der Waals surface area (Å²) in [5.74, 6) is -1.65. The largest absolute Gasteiger partial charge is 0.461 e. The van der Waals surface area contributed by atoms with Crippen LogP contribution in [-0.4, -0.2) is 28.3 Å². The number of hydrogen-bond acceptors (Lipinski definition) is 6. The molecule has 2 aromatic heterocycles. The lowest BCUT2D eigenvalue weighted by molar-refractivity contribution is -0.137. The normalized spacial score (nSPS) is 11.5. The SMILES string of the molecule is CCOC(=O)c1nn(-c2cccc(Cl)c2)c(=O)c2c(NC(=O)c3cccc(C(F)(F)F)c3)scc12. The van der Waals surface area contributed by atoms with Crippen LogP contribution in [-0.2, 0) is 10.9 Å². The molecule has 1 N–H and O–H groups in total. The first-order valence-electron chi connectivity index (χ1n) is 10.1. The number of ether oxygens (including phenoxy) is 1. The average Bonchev–Trinajstić information content (AvgIpc) is 3.23. The number of hydrogen-bond donors (Lipinski definition) is 1. The molecule has 7 nitrogen and oxygen atoms in total. The van der Waals surface area contributed by atoms with E-state index in [0.717, 1.165) is 28.2 Å². The molecule has 35 heavy (non-hydrogen) atoms. The highest BCUT2D eigenvalue weighted by atomic mass is 35.5. The molecule has 0 fully saturated rings. The molecular weight excluding hydrogens is 507 g/mol. The van der Waals surface area contributed by atoms with Gasteiger partial charge in [-0.1, -0.05) is 23.7 Å². The Kier molecular flexibility index (Phi) is 6.64. The Hall–Kier alpha value is -3.70. The van der Waals surface area contributed by atoms with Crippen molar-refractivity contribution in [2.75, 3.05) is 11.9 Å². The number of aromatic nitrogens is 2. The summed E-state index contributed by atoms with van der Waals surface area (Å²) in [6.45, 7) is 1.66. The molecule has 0 spiro atoms. The van der Waals surface area contributed by atoms with E-state index in [0.29, 0.717) is 11.1 Å². The van der Waals surface area contributed by atoms with Crippen LogP contribution < -0.4 is 10.9 Å². The lowest BCUT2D eigenvalue weighted by Crippen LogP contribution is -2.25. The van der Waals surface area contributed by atoms with E-state index in [9.17, 15) is 27.6 Å². The molecule has 2 aromatic carbocycles. The molecule has 0 saturated carbocycles. The minimum absolute atomic E-state index is 0.0381. The number of alkyl halides is 3. The van der Waals surface area contributed by atoms with Gasteiger partial charge in [-0.3, -0.25) is 9.59 Å². The number of rotatable bonds is 5. The Bertz CT molecular complexity index is 1510. The Balaban J connectivity index is 1.85. The molecule has 0 saturated heterocycles. The van der Waals surface area contributed by atoms with Crippen molar-refractivity contribution in [3.63, 3.8) is 0 Å². The van der Waals surface area contributed by atoms with Crippen molar-refractivity contribution >= 4 is 50.6 Å². The van der Waals surface area contributed by atoms with E-state index >= 15 is 0 Å². The van der Waals surface area contributed by atoms with E-state index < -0.39 is 29.2 Å². The summed E-state index contributed by atoms with van der Waals surface area (Å²) in [6.07, 6.45) is -4.63. The minimum Gasteiger partial charge on any atom is -0.461 e. The van der Waals surface area contributed by atoms with Gasteiger partial charge in [0, 0.05) is 21.4 Å². The van der Waals surface area contributed by atoms with Gasteiger partial charge in [0.05, 0.1) is 23.2 Å². The maximum atomic E-state index is 13.4. The molecule has 0 bridgehead atoms. The molecule has 0 unspecified atom stereocenters. The van der Waals surface area contributed by atoms with E-state index in [1.165, 1.54) is 17.5 Å². The maximum Gasteiger partial charge on any atom is 0.416 e. The van der Waals surface area contributed by atoms with E-state index in [-0.39, 0.29) is 39.3 Å².